The summed E-state index contributed by atoms with van der Waals surface area (Å²) < 4.78 is 10.1. The molecule has 0 radical (unpaired) electrons. The summed E-state index contributed by atoms with van der Waals surface area (Å²) in [6.45, 7) is 7.86. The van der Waals surface area contributed by atoms with Crippen molar-refractivity contribution in [1.29, 1.82) is 0 Å². The number of aryl methyl sites for hydroxylation is 3. The van der Waals surface area contributed by atoms with Crippen LogP contribution in [0.5, 0.6) is 11.5 Å². The lowest BCUT2D eigenvalue weighted by Gasteiger charge is -2.13. The lowest BCUT2D eigenvalue weighted by atomic mass is 9.97. The average Bonchev–Trinajstić information content (AvgIpc) is 3.55. The van der Waals surface area contributed by atoms with Crippen LogP contribution >= 0.6 is 0 Å². The Labute approximate surface area is 227 Å². The number of benzene rings is 2. The van der Waals surface area contributed by atoms with E-state index in [0.717, 1.165) is 35.6 Å². The van der Waals surface area contributed by atoms with Gasteiger partial charge in [0.05, 0.1) is 17.4 Å². The van der Waals surface area contributed by atoms with Gasteiger partial charge in [-0.05, 0) is 60.7 Å². The summed E-state index contributed by atoms with van der Waals surface area (Å²) in [6.07, 6.45) is 7.77. The molecule has 2 aromatic carbocycles. The van der Waals surface area contributed by atoms with Crippen LogP contribution in [0.1, 0.15) is 47.8 Å². The Morgan fingerprint density at radius 3 is 2.69 bits per heavy atom. The van der Waals surface area contributed by atoms with Crippen LogP contribution in [-0.2, 0) is 13.6 Å². The molecule has 0 saturated carbocycles. The summed E-state index contributed by atoms with van der Waals surface area (Å²) in [4.78, 5) is 25.6. The van der Waals surface area contributed by atoms with Crippen molar-refractivity contribution in [3.05, 3.63) is 90.3 Å². The number of amides is 1. The number of fused-ring (bicyclic) bond motifs is 1. The fraction of sp³-hybridized carbons (Fsp3) is 0.267. The summed E-state index contributed by atoms with van der Waals surface area (Å²) in [7, 11) is 1.99. The van der Waals surface area contributed by atoms with E-state index in [4.69, 9.17) is 9.72 Å². The van der Waals surface area contributed by atoms with Gasteiger partial charge in [0.15, 0.2) is 0 Å². The van der Waals surface area contributed by atoms with E-state index in [1.54, 1.807) is 30.9 Å². The topological polar surface area (TPSA) is 98.9 Å². The maximum atomic E-state index is 12.6. The van der Waals surface area contributed by atoms with Gasteiger partial charge in [0, 0.05) is 56.5 Å². The lowest BCUT2D eigenvalue weighted by molar-refractivity contribution is 0.0947. The van der Waals surface area contributed by atoms with Crippen LogP contribution in [0.3, 0.4) is 0 Å². The van der Waals surface area contributed by atoms with Gasteiger partial charge in [0.25, 0.3) is 5.91 Å². The number of nitrogens with one attached hydrogen (secondary N) is 2. The number of rotatable bonds is 10. The molecule has 200 valence electrons. The van der Waals surface area contributed by atoms with Gasteiger partial charge in [-0.3, -0.25) is 9.78 Å². The number of pyridine rings is 1. The number of hydrogen-bond donors (Lipinski definition) is 2. The normalized spacial score (nSPS) is 11.2. The predicted molar refractivity (Wildman–Crippen MR) is 153 cm³/mol. The van der Waals surface area contributed by atoms with Gasteiger partial charge in [-0.1, -0.05) is 19.9 Å². The second-order valence-electron chi connectivity index (χ2n) is 9.88. The van der Waals surface area contributed by atoms with E-state index >= 15 is 0 Å². The third kappa shape index (κ3) is 6.09. The van der Waals surface area contributed by atoms with Crippen LogP contribution in [0, 0.1) is 6.92 Å². The Bertz CT molecular complexity index is 1590. The highest BCUT2D eigenvalue weighted by Crippen LogP contribution is 2.29. The van der Waals surface area contributed by atoms with Crippen molar-refractivity contribution < 1.29 is 9.53 Å². The highest BCUT2D eigenvalue weighted by atomic mass is 16.5. The van der Waals surface area contributed by atoms with E-state index in [2.05, 4.69) is 59.6 Å². The highest BCUT2D eigenvalue weighted by Gasteiger charge is 2.13. The standard InChI is InChI=1S/C30H33N7O2/c1-20(2)25-16-22(7-6-21(25)3)34-30-35-26-17-23(8-9-28(26)36(30)4)39-24-10-12-32-27(18-24)29(38)33-11-5-14-37-15-13-31-19-37/h6-10,12-13,15-20H,5,11,14H2,1-4H3,(H,33,38)(H,34,35). The molecule has 0 aliphatic carbocycles. The zero-order chi connectivity index (χ0) is 27.4. The van der Waals surface area contributed by atoms with Gasteiger partial charge in [-0.25, -0.2) is 9.97 Å². The minimum atomic E-state index is -0.237. The van der Waals surface area contributed by atoms with Crippen molar-refractivity contribution in [2.45, 2.75) is 39.7 Å². The van der Waals surface area contributed by atoms with E-state index in [9.17, 15) is 4.79 Å². The molecule has 2 N–H and O–H groups in total. The monoisotopic (exact) mass is 523 g/mol. The Morgan fingerprint density at radius 1 is 1.05 bits per heavy atom. The first-order valence-electron chi connectivity index (χ1n) is 13.1. The van der Waals surface area contributed by atoms with Crippen molar-refractivity contribution in [3.8, 4) is 11.5 Å². The van der Waals surface area contributed by atoms with Crippen molar-refractivity contribution in [2.24, 2.45) is 7.05 Å². The van der Waals surface area contributed by atoms with Gasteiger partial charge in [-0.15, -0.1) is 0 Å². The van der Waals surface area contributed by atoms with Crippen molar-refractivity contribution in [1.82, 2.24) is 29.4 Å². The van der Waals surface area contributed by atoms with Crippen LogP contribution in [0.25, 0.3) is 11.0 Å². The SMILES string of the molecule is Cc1ccc(Nc2nc3cc(Oc4ccnc(C(=O)NCCCn5ccnc5)c4)ccc3n2C)cc1C(C)C. The molecule has 0 bridgehead atoms. The summed E-state index contributed by atoms with van der Waals surface area (Å²) in [6, 6.07) is 15.5. The van der Waals surface area contributed by atoms with Crippen molar-refractivity contribution in [2.75, 3.05) is 11.9 Å². The third-order valence-electron chi connectivity index (χ3n) is 6.65. The van der Waals surface area contributed by atoms with E-state index in [0.29, 0.717) is 29.7 Å². The molecule has 5 rings (SSSR count). The summed E-state index contributed by atoms with van der Waals surface area (Å²) in [5.74, 6) is 2.11. The zero-order valence-electron chi connectivity index (χ0n) is 22.7. The zero-order valence-corrected chi connectivity index (χ0v) is 22.7. The molecule has 9 nitrogen and oxygen atoms in total. The molecule has 39 heavy (non-hydrogen) atoms. The molecular weight excluding hydrogens is 490 g/mol. The van der Waals surface area contributed by atoms with Crippen LogP contribution in [0.15, 0.2) is 73.4 Å². The summed E-state index contributed by atoms with van der Waals surface area (Å²) >= 11 is 0. The molecule has 5 aromatic rings. The first-order valence-corrected chi connectivity index (χ1v) is 13.1. The number of anilines is 2. The fourth-order valence-electron chi connectivity index (χ4n) is 4.53. The molecule has 9 heteroatoms. The number of carbonyl (C=O) groups excluding carboxylic acids is 1. The molecule has 0 aliphatic heterocycles. The Balaban J connectivity index is 1.25. The summed E-state index contributed by atoms with van der Waals surface area (Å²) in [5, 5.41) is 6.36. The minimum Gasteiger partial charge on any atom is -0.457 e. The Kier molecular flexibility index (Phi) is 7.58. The van der Waals surface area contributed by atoms with Crippen LogP contribution < -0.4 is 15.4 Å². The number of carbonyl (C=O) groups is 1. The molecule has 0 spiro atoms. The average molecular weight is 524 g/mol. The van der Waals surface area contributed by atoms with E-state index in [1.807, 2.05) is 40.6 Å². The molecule has 0 aliphatic rings. The molecule has 3 heterocycles. The van der Waals surface area contributed by atoms with Gasteiger partial charge in [-0.2, -0.15) is 0 Å². The largest absolute Gasteiger partial charge is 0.457 e. The maximum Gasteiger partial charge on any atom is 0.270 e. The first kappa shape index (κ1) is 26.0. The van der Waals surface area contributed by atoms with Crippen molar-refractivity contribution >= 4 is 28.6 Å². The van der Waals surface area contributed by atoms with Crippen LogP contribution in [0.4, 0.5) is 11.6 Å². The quantitative estimate of drug-likeness (QED) is 0.219. The molecule has 0 unspecified atom stereocenters. The van der Waals surface area contributed by atoms with Gasteiger partial charge < -0.3 is 24.5 Å². The molecule has 3 aromatic heterocycles. The van der Waals surface area contributed by atoms with Crippen molar-refractivity contribution in [3.63, 3.8) is 0 Å². The Morgan fingerprint density at radius 2 is 1.90 bits per heavy atom. The molecule has 0 saturated heterocycles. The number of nitrogens with zero attached hydrogens (tertiary/aromatic N) is 5. The third-order valence-corrected chi connectivity index (χ3v) is 6.65. The molecule has 0 fully saturated rings. The van der Waals surface area contributed by atoms with E-state index in [-0.39, 0.29) is 5.91 Å². The smallest absolute Gasteiger partial charge is 0.270 e. The van der Waals surface area contributed by atoms with E-state index in [1.165, 1.54) is 11.1 Å². The van der Waals surface area contributed by atoms with Gasteiger partial charge in [0.2, 0.25) is 5.95 Å². The second kappa shape index (κ2) is 11.4. The number of imidazole rings is 2. The molecule has 0 atom stereocenters. The first-order chi connectivity index (χ1) is 18.9. The lowest BCUT2D eigenvalue weighted by Crippen LogP contribution is -2.26. The number of aromatic nitrogens is 5. The van der Waals surface area contributed by atoms with Crippen LogP contribution in [0.2, 0.25) is 0 Å². The second-order valence-corrected chi connectivity index (χ2v) is 9.88. The van der Waals surface area contributed by atoms with Gasteiger partial charge in [0.1, 0.15) is 17.2 Å². The highest BCUT2D eigenvalue weighted by molar-refractivity contribution is 5.92. The fourth-order valence-corrected chi connectivity index (χ4v) is 4.53. The maximum absolute atomic E-state index is 12.6. The number of ether oxygens (including phenoxy) is 1. The molecular formula is C30H33N7O2. The minimum absolute atomic E-state index is 0.237. The Hall–Kier alpha value is -4.66. The van der Waals surface area contributed by atoms with Crippen LogP contribution in [-0.4, -0.2) is 36.5 Å². The van der Waals surface area contributed by atoms with Gasteiger partial charge >= 0.3 is 0 Å². The predicted octanol–water partition coefficient (Wildman–Crippen LogP) is 5.95. The van der Waals surface area contributed by atoms with E-state index < -0.39 is 0 Å². The summed E-state index contributed by atoms with van der Waals surface area (Å²) in [5.41, 5.74) is 5.69. The molecule has 1 amide bonds. The number of hydrogen-bond acceptors (Lipinski definition) is 6.